The van der Waals surface area contributed by atoms with Crippen molar-refractivity contribution in [3.63, 3.8) is 0 Å². The number of phenols is 1. The fourth-order valence-corrected chi connectivity index (χ4v) is 3.22. The van der Waals surface area contributed by atoms with E-state index in [1.165, 1.54) is 18.2 Å². The molecule has 2 atom stereocenters. The maximum absolute atomic E-state index is 13.3. The zero-order valence-electron chi connectivity index (χ0n) is 20.2. The number of aromatic hydroxyl groups is 1. The number of aliphatic hydroxyl groups is 1. The third-order valence-corrected chi connectivity index (χ3v) is 4.90. The van der Waals surface area contributed by atoms with E-state index in [1.54, 1.807) is 27.7 Å². The van der Waals surface area contributed by atoms with Crippen molar-refractivity contribution >= 4 is 17.9 Å². The molecule has 2 aromatic carbocycles. The number of terminal acetylenes is 1. The molecule has 0 saturated heterocycles. The van der Waals surface area contributed by atoms with Crippen molar-refractivity contribution in [1.29, 1.82) is 0 Å². The van der Waals surface area contributed by atoms with Crippen molar-refractivity contribution in [3.8, 4) is 18.2 Å². The topological polar surface area (TPSA) is 128 Å². The van der Waals surface area contributed by atoms with Gasteiger partial charge in [0.25, 0.3) is 5.91 Å². The number of nitrogens with one attached hydrogen (secondary N) is 2. The van der Waals surface area contributed by atoms with Crippen molar-refractivity contribution in [2.45, 2.75) is 51.9 Å². The highest BCUT2D eigenvalue weighted by Gasteiger charge is 2.35. The van der Waals surface area contributed by atoms with E-state index in [0.29, 0.717) is 11.1 Å². The molecule has 0 spiro atoms. The Morgan fingerprint density at radius 3 is 2.34 bits per heavy atom. The number of hydrogen-bond acceptors (Lipinski definition) is 6. The molecule has 186 valence electrons. The predicted octanol–water partition coefficient (Wildman–Crippen LogP) is 2.36. The molecule has 2 rings (SSSR count). The van der Waals surface area contributed by atoms with E-state index < -0.39 is 42.2 Å². The Morgan fingerprint density at radius 1 is 1.14 bits per heavy atom. The first-order chi connectivity index (χ1) is 16.5. The van der Waals surface area contributed by atoms with Crippen LogP contribution in [0.1, 0.15) is 43.5 Å². The largest absolute Gasteiger partial charge is 0.508 e. The van der Waals surface area contributed by atoms with Gasteiger partial charge in [0.05, 0.1) is 6.61 Å². The summed E-state index contributed by atoms with van der Waals surface area (Å²) in [6, 6.07) is 13.0. The minimum atomic E-state index is -1.46. The van der Waals surface area contributed by atoms with Crippen molar-refractivity contribution < 1.29 is 29.3 Å². The molecule has 0 heterocycles. The zero-order chi connectivity index (χ0) is 26.2. The second kappa shape index (κ2) is 11.9. The Morgan fingerprint density at radius 2 is 1.80 bits per heavy atom. The van der Waals surface area contributed by atoms with E-state index in [1.807, 2.05) is 30.3 Å². The number of benzene rings is 2. The molecule has 9 heteroatoms. The summed E-state index contributed by atoms with van der Waals surface area (Å²) in [6.07, 6.45) is 4.73. The van der Waals surface area contributed by atoms with Gasteiger partial charge in [-0.05, 0) is 56.5 Å². The molecular formula is C26H31N3O6. The van der Waals surface area contributed by atoms with Crippen LogP contribution in [0.15, 0.2) is 48.5 Å². The molecule has 0 aliphatic rings. The molecule has 0 aliphatic heterocycles. The van der Waals surface area contributed by atoms with Gasteiger partial charge < -0.3 is 25.6 Å². The Balaban J connectivity index is 2.36. The van der Waals surface area contributed by atoms with Gasteiger partial charge in [0.15, 0.2) is 0 Å². The number of aryl methyl sites for hydroxylation is 1. The number of phenolic OH excluding ortho intramolecular Hbond substituents is 1. The van der Waals surface area contributed by atoms with Gasteiger partial charge in [-0.1, -0.05) is 42.8 Å². The van der Waals surface area contributed by atoms with Crippen LogP contribution in [-0.4, -0.2) is 51.3 Å². The van der Waals surface area contributed by atoms with E-state index in [-0.39, 0.29) is 12.3 Å². The summed E-state index contributed by atoms with van der Waals surface area (Å²) in [4.78, 5) is 39.6. The molecule has 4 N–H and O–H groups in total. The summed E-state index contributed by atoms with van der Waals surface area (Å²) < 4.78 is 5.15. The number of carbonyl (C=O) groups is 3. The molecular weight excluding hydrogens is 450 g/mol. The third-order valence-electron chi connectivity index (χ3n) is 4.90. The first kappa shape index (κ1) is 27.2. The average molecular weight is 482 g/mol. The molecule has 0 bridgehead atoms. The van der Waals surface area contributed by atoms with Gasteiger partial charge in [-0.15, -0.1) is 0 Å². The monoisotopic (exact) mass is 481 g/mol. The summed E-state index contributed by atoms with van der Waals surface area (Å²) in [5, 5.41) is 24.8. The Kier molecular flexibility index (Phi) is 9.26. The second-order valence-electron chi connectivity index (χ2n) is 8.87. The van der Waals surface area contributed by atoms with Crippen LogP contribution in [0.5, 0.6) is 5.75 Å². The van der Waals surface area contributed by atoms with Gasteiger partial charge in [-0.2, -0.15) is 0 Å². The zero-order valence-corrected chi connectivity index (χ0v) is 20.2. The number of alkyl carbamates (subject to hydrolysis) is 1. The van der Waals surface area contributed by atoms with Gasteiger partial charge >= 0.3 is 6.09 Å². The standard InChI is InChI=1S/C26H31N3O6/c1-6-29(24(33)20(16-30)28-25(34)35-26(3,4)5)22(19-12-13-21(31)17(2)14-19)23(32)27-15-18-10-8-7-9-11-18/h1,7-14,20,22,30-31H,15-16H2,2-5H3,(H,27,32)(H,28,34). The van der Waals surface area contributed by atoms with Crippen LogP contribution in [0.3, 0.4) is 0 Å². The molecule has 0 aliphatic carbocycles. The fourth-order valence-electron chi connectivity index (χ4n) is 3.22. The highest BCUT2D eigenvalue weighted by atomic mass is 16.6. The maximum Gasteiger partial charge on any atom is 0.408 e. The summed E-state index contributed by atoms with van der Waals surface area (Å²) in [6.45, 7) is 5.99. The highest BCUT2D eigenvalue weighted by Crippen LogP contribution is 2.26. The number of carbonyl (C=O) groups excluding carboxylic acids is 3. The van der Waals surface area contributed by atoms with Gasteiger partial charge in [0, 0.05) is 12.6 Å². The first-order valence-electron chi connectivity index (χ1n) is 11.0. The van der Waals surface area contributed by atoms with Crippen molar-refractivity contribution in [3.05, 3.63) is 65.2 Å². The molecule has 2 unspecified atom stereocenters. The molecule has 0 aromatic heterocycles. The lowest BCUT2D eigenvalue weighted by molar-refractivity contribution is -0.139. The van der Waals surface area contributed by atoms with Crippen LogP contribution in [0.4, 0.5) is 4.79 Å². The summed E-state index contributed by atoms with van der Waals surface area (Å²) in [7, 11) is 0. The van der Waals surface area contributed by atoms with Crippen molar-refractivity contribution in [2.75, 3.05) is 6.61 Å². The van der Waals surface area contributed by atoms with Crippen LogP contribution in [0, 0.1) is 19.4 Å². The highest BCUT2D eigenvalue weighted by molar-refractivity contribution is 5.93. The maximum atomic E-state index is 13.3. The first-order valence-corrected chi connectivity index (χ1v) is 11.0. The van der Waals surface area contributed by atoms with Crippen molar-refractivity contribution in [2.24, 2.45) is 0 Å². The number of aliphatic hydroxyl groups excluding tert-OH is 1. The second-order valence-corrected chi connectivity index (χ2v) is 8.87. The van der Waals surface area contributed by atoms with E-state index >= 15 is 0 Å². The molecule has 35 heavy (non-hydrogen) atoms. The summed E-state index contributed by atoms with van der Waals surface area (Å²) in [5.41, 5.74) is 0.812. The number of ether oxygens (including phenoxy) is 1. The van der Waals surface area contributed by atoms with E-state index in [0.717, 1.165) is 10.5 Å². The van der Waals surface area contributed by atoms with Gasteiger partial charge in [-0.25, -0.2) is 4.79 Å². The number of amides is 3. The van der Waals surface area contributed by atoms with E-state index in [2.05, 4.69) is 16.7 Å². The Hall–Kier alpha value is -4.03. The van der Waals surface area contributed by atoms with Crippen LogP contribution in [0.25, 0.3) is 0 Å². The molecule has 3 amide bonds. The van der Waals surface area contributed by atoms with Crippen LogP contribution in [-0.2, 0) is 20.9 Å². The quantitative estimate of drug-likeness (QED) is 0.339. The lowest BCUT2D eigenvalue weighted by atomic mass is 10.0. The lowest BCUT2D eigenvalue weighted by Crippen LogP contribution is -2.53. The normalized spacial score (nSPS) is 12.6. The number of hydrogen-bond donors (Lipinski definition) is 4. The smallest absolute Gasteiger partial charge is 0.408 e. The van der Waals surface area contributed by atoms with Gasteiger partial charge in [-0.3, -0.25) is 14.5 Å². The van der Waals surface area contributed by atoms with Crippen molar-refractivity contribution in [1.82, 2.24) is 15.5 Å². The van der Waals surface area contributed by atoms with E-state index in [9.17, 15) is 24.6 Å². The fraction of sp³-hybridized carbons (Fsp3) is 0.346. The lowest BCUT2D eigenvalue weighted by Gasteiger charge is -2.30. The SMILES string of the molecule is C#CN(C(=O)C(CO)NC(=O)OC(C)(C)C)C(C(=O)NCc1ccccc1)c1ccc(O)c(C)c1. The molecule has 9 nitrogen and oxygen atoms in total. The van der Waals surface area contributed by atoms with Gasteiger partial charge in [0.1, 0.15) is 23.4 Å². The molecule has 2 aromatic rings. The minimum absolute atomic E-state index is 0.00982. The number of rotatable bonds is 8. The summed E-state index contributed by atoms with van der Waals surface area (Å²) in [5.74, 6) is -1.46. The van der Waals surface area contributed by atoms with Crippen LogP contribution < -0.4 is 10.6 Å². The Labute approximate surface area is 205 Å². The van der Waals surface area contributed by atoms with Crippen LogP contribution in [0.2, 0.25) is 0 Å². The summed E-state index contributed by atoms with van der Waals surface area (Å²) >= 11 is 0. The molecule has 0 saturated carbocycles. The minimum Gasteiger partial charge on any atom is -0.508 e. The van der Waals surface area contributed by atoms with Crippen LogP contribution >= 0.6 is 0 Å². The number of nitrogens with zero attached hydrogens (tertiary/aromatic N) is 1. The molecule has 0 radical (unpaired) electrons. The molecule has 0 fully saturated rings. The van der Waals surface area contributed by atoms with E-state index in [4.69, 9.17) is 11.2 Å². The van der Waals surface area contributed by atoms with Gasteiger partial charge in [0.2, 0.25) is 5.91 Å². The average Bonchev–Trinajstić information content (AvgIpc) is 2.80. The Bertz CT molecular complexity index is 1090. The third kappa shape index (κ3) is 7.76. The predicted molar refractivity (Wildman–Crippen MR) is 130 cm³/mol.